The largest absolute Gasteiger partial charge is 0.493 e. The van der Waals surface area contributed by atoms with Crippen LogP contribution in [0.1, 0.15) is 57.2 Å². The minimum Gasteiger partial charge on any atom is -0.493 e. The summed E-state index contributed by atoms with van der Waals surface area (Å²) in [4.78, 5) is 14.4. The van der Waals surface area contributed by atoms with E-state index in [1.165, 1.54) is 16.0 Å². The van der Waals surface area contributed by atoms with E-state index in [1.807, 2.05) is 0 Å². The number of hydrogen-bond donors (Lipinski definition) is 2. The molecule has 0 radical (unpaired) electrons. The van der Waals surface area contributed by atoms with Crippen LogP contribution in [0.15, 0.2) is 28.6 Å². The Labute approximate surface area is 172 Å². The van der Waals surface area contributed by atoms with Crippen molar-refractivity contribution in [1.82, 2.24) is 0 Å². The highest BCUT2D eigenvalue weighted by molar-refractivity contribution is 6.24. The number of nitrogens with one attached hydrogen (secondary N) is 1. The Morgan fingerprint density at radius 3 is 2.52 bits per heavy atom. The monoisotopic (exact) mass is 399 g/mol. The fraction of sp³-hybridized carbons (Fsp3) is 0.565. The first-order valence-corrected chi connectivity index (χ1v) is 10.4. The van der Waals surface area contributed by atoms with Gasteiger partial charge < -0.3 is 14.7 Å². The normalized spacial score (nSPS) is 29.2. The van der Waals surface area contributed by atoms with Crippen molar-refractivity contribution in [2.75, 3.05) is 20.8 Å². The topological polar surface area (TPSA) is 72.6 Å². The van der Waals surface area contributed by atoms with E-state index in [2.05, 4.69) is 38.1 Å². The van der Waals surface area contributed by atoms with Gasteiger partial charge in [-0.1, -0.05) is 25.9 Å². The van der Waals surface area contributed by atoms with Gasteiger partial charge in [0, 0.05) is 24.8 Å². The molecule has 4 rings (SSSR count). The Morgan fingerprint density at radius 2 is 1.90 bits per heavy atom. The summed E-state index contributed by atoms with van der Waals surface area (Å²) in [5, 5.41) is 13.6. The van der Waals surface area contributed by atoms with Crippen molar-refractivity contribution in [3.05, 3.63) is 34.5 Å². The molecule has 3 aliphatic rings. The second-order valence-electron chi connectivity index (χ2n) is 9.20. The predicted molar refractivity (Wildman–Crippen MR) is 110 cm³/mol. The van der Waals surface area contributed by atoms with Crippen LogP contribution in [0, 0.1) is 11.3 Å². The van der Waals surface area contributed by atoms with E-state index in [0.29, 0.717) is 23.5 Å². The maximum Gasteiger partial charge on any atom is 0.171 e. The summed E-state index contributed by atoms with van der Waals surface area (Å²) in [7, 11) is 3.31. The smallest absolute Gasteiger partial charge is 0.171 e. The van der Waals surface area contributed by atoms with Gasteiger partial charge in [-0.25, -0.2) is 0 Å². The van der Waals surface area contributed by atoms with Gasteiger partial charge in [0.15, 0.2) is 17.3 Å². The summed E-state index contributed by atoms with van der Waals surface area (Å²) in [5.74, 6) is 1.55. The van der Waals surface area contributed by atoms with Crippen LogP contribution in [0.25, 0.3) is 0 Å². The molecule has 2 N–H and O–H groups in total. The summed E-state index contributed by atoms with van der Waals surface area (Å²) >= 11 is 0. The van der Waals surface area contributed by atoms with Gasteiger partial charge in [0.05, 0.1) is 32.3 Å². The number of ketones is 1. The lowest BCUT2D eigenvalue weighted by Crippen LogP contribution is -3.14. The predicted octanol–water partition coefficient (Wildman–Crippen LogP) is 2.70. The molecule has 1 aromatic rings. The first kappa shape index (κ1) is 20.0. The minimum absolute atomic E-state index is 0.0175. The highest BCUT2D eigenvalue weighted by Gasteiger charge is 2.52. The van der Waals surface area contributed by atoms with Crippen LogP contribution >= 0.6 is 0 Å². The number of carbonyl (C=O) groups excluding carboxylic acids is 1. The van der Waals surface area contributed by atoms with E-state index in [4.69, 9.17) is 9.47 Å². The number of nitrogens with zero attached hydrogens (tertiary/aromatic N) is 1. The van der Waals surface area contributed by atoms with Gasteiger partial charge in [-0.05, 0) is 29.5 Å². The first-order chi connectivity index (χ1) is 13.8. The molecule has 1 aromatic carbocycles. The fourth-order valence-electron chi connectivity index (χ4n) is 5.64. The van der Waals surface area contributed by atoms with Crippen molar-refractivity contribution in [2.24, 2.45) is 16.5 Å². The maximum absolute atomic E-state index is 13.1. The van der Waals surface area contributed by atoms with E-state index in [9.17, 15) is 10.0 Å². The molecule has 6 nitrogen and oxygen atoms in total. The van der Waals surface area contributed by atoms with E-state index in [1.54, 1.807) is 14.2 Å². The van der Waals surface area contributed by atoms with E-state index >= 15 is 0 Å². The van der Waals surface area contributed by atoms with Crippen LogP contribution in [0.3, 0.4) is 0 Å². The van der Waals surface area contributed by atoms with Crippen LogP contribution in [0.5, 0.6) is 11.5 Å². The molecule has 0 saturated heterocycles. The average Bonchev–Trinajstić information content (AvgIpc) is 2.70. The summed E-state index contributed by atoms with van der Waals surface area (Å²) in [5.41, 5.74) is 4.75. The third kappa shape index (κ3) is 3.05. The molecule has 2 heterocycles. The van der Waals surface area contributed by atoms with Crippen molar-refractivity contribution in [3.8, 4) is 11.5 Å². The highest BCUT2D eigenvalue weighted by Crippen LogP contribution is 2.44. The van der Waals surface area contributed by atoms with Crippen LogP contribution < -0.4 is 14.4 Å². The van der Waals surface area contributed by atoms with E-state index < -0.39 is 0 Å². The Morgan fingerprint density at radius 1 is 1.21 bits per heavy atom. The standard InChI is InChI=1S/C23H30N2O4/c1-6-14-21(24-27)20-16(11-23(2,3)12-17(20)26)25-8-7-13-9-18(28-4)19(29-5)10-15(13)22(14)25/h9-10,14,22,27H,6-8,11-12H2,1-5H3/p+1. The zero-order valence-corrected chi connectivity index (χ0v) is 18.0. The van der Waals surface area contributed by atoms with Crippen molar-refractivity contribution >= 4 is 11.5 Å². The number of rotatable bonds is 3. The number of quaternary nitrogens is 1. The number of benzene rings is 1. The minimum atomic E-state index is -0.0784. The molecule has 0 aromatic heterocycles. The molecule has 0 fully saturated rings. The second kappa shape index (κ2) is 7.17. The third-order valence-corrected chi connectivity index (χ3v) is 6.84. The molecule has 29 heavy (non-hydrogen) atoms. The maximum atomic E-state index is 13.1. The summed E-state index contributed by atoms with van der Waals surface area (Å²) in [6.45, 7) is 7.32. The number of fused-ring (bicyclic) bond motifs is 4. The van der Waals surface area contributed by atoms with E-state index in [-0.39, 0.29) is 23.2 Å². The zero-order chi connectivity index (χ0) is 20.9. The zero-order valence-electron chi connectivity index (χ0n) is 18.0. The number of oxime groups is 1. The molecule has 3 atom stereocenters. The molecule has 156 valence electrons. The molecule has 0 saturated carbocycles. The van der Waals surface area contributed by atoms with Crippen molar-refractivity contribution in [1.29, 1.82) is 0 Å². The second-order valence-corrected chi connectivity index (χ2v) is 9.20. The van der Waals surface area contributed by atoms with Crippen LogP contribution in [0.2, 0.25) is 0 Å². The van der Waals surface area contributed by atoms with Gasteiger partial charge in [-0.2, -0.15) is 0 Å². The number of allylic oxidation sites excluding steroid dienone is 2. The molecule has 1 aliphatic carbocycles. The van der Waals surface area contributed by atoms with Crippen molar-refractivity contribution in [2.45, 2.75) is 52.5 Å². The highest BCUT2D eigenvalue weighted by atomic mass is 16.5. The Bertz CT molecular complexity index is 916. The number of carbonyl (C=O) groups is 1. The summed E-state index contributed by atoms with van der Waals surface area (Å²) < 4.78 is 11.1. The summed E-state index contributed by atoms with van der Waals surface area (Å²) in [6, 6.07) is 4.26. The van der Waals surface area contributed by atoms with Gasteiger partial charge in [0.25, 0.3) is 0 Å². The molecule has 2 aliphatic heterocycles. The molecule has 6 heteroatoms. The quantitative estimate of drug-likeness (QED) is 0.606. The summed E-state index contributed by atoms with van der Waals surface area (Å²) in [6.07, 6.45) is 3.06. The molecule has 3 unspecified atom stereocenters. The Kier molecular flexibility index (Phi) is 4.93. The Balaban J connectivity index is 1.92. The number of hydrogen-bond acceptors (Lipinski definition) is 5. The van der Waals surface area contributed by atoms with Gasteiger partial charge in [-0.15, -0.1) is 0 Å². The van der Waals surface area contributed by atoms with Crippen LogP contribution in [0.4, 0.5) is 0 Å². The molecule has 0 bridgehead atoms. The fourth-order valence-corrected chi connectivity index (χ4v) is 5.64. The van der Waals surface area contributed by atoms with Crippen LogP contribution in [-0.4, -0.2) is 37.5 Å². The lowest BCUT2D eigenvalue weighted by Gasteiger charge is -2.46. The van der Waals surface area contributed by atoms with Gasteiger partial charge in [0.1, 0.15) is 17.5 Å². The Hall–Kier alpha value is -2.34. The lowest BCUT2D eigenvalue weighted by atomic mass is 9.67. The third-order valence-electron chi connectivity index (χ3n) is 6.84. The van der Waals surface area contributed by atoms with Gasteiger partial charge >= 0.3 is 0 Å². The van der Waals surface area contributed by atoms with Crippen molar-refractivity contribution < 1.29 is 24.4 Å². The van der Waals surface area contributed by atoms with Gasteiger partial charge in [0.2, 0.25) is 0 Å². The first-order valence-electron chi connectivity index (χ1n) is 10.4. The van der Waals surface area contributed by atoms with Crippen molar-refractivity contribution in [3.63, 3.8) is 0 Å². The average molecular weight is 400 g/mol. The number of methoxy groups -OCH3 is 2. The SMILES string of the molecule is CCC1C(=NO)C2=C(CC(C)(C)CC2=O)[NH+]2CCc3cc(OC)c(OC)cc3C12. The van der Waals surface area contributed by atoms with Crippen LogP contribution in [-0.2, 0) is 11.2 Å². The van der Waals surface area contributed by atoms with E-state index in [0.717, 1.165) is 37.3 Å². The van der Waals surface area contributed by atoms with Gasteiger partial charge in [-0.3, -0.25) is 9.69 Å². The molecule has 0 amide bonds. The number of Topliss-reactive ketones (excluding diaryl/α,β-unsaturated/α-hetero) is 1. The molecular weight excluding hydrogens is 368 g/mol. The molecule has 0 spiro atoms. The number of ether oxygens (including phenoxy) is 2. The molecular formula is C23H31N2O4+. The lowest BCUT2D eigenvalue weighted by molar-refractivity contribution is -0.903.